The van der Waals surface area contributed by atoms with Crippen LogP contribution in [0.15, 0.2) is 47.4 Å². The van der Waals surface area contributed by atoms with Crippen LogP contribution < -0.4 is 14.8 Å². The number of sulfonamides is 1. The smallest absolute Gasteiger partial charge is 0.255 e. The van der Waals surface area contributed by atoms with Crippen molar-refractivity contribution in [3.05, 3.63) is 59.2 Å². The molecule has 0 bridgehead atoms. The lowest BCUT2D eigenvalue weighted by Crippen LogP contribution is -2.31. The van der Waals surface area contributed by atoms with Crippen molar-refractivity contribution in [1.82, 2.24) is 10.0 Å². The fourth-order valence-corrected chi connectivity index (χ4v) is 3.70. The number of hydrogen-bond acceptors (Lipinski definition) is 4. The van der Waals surface area contributed by atoms with Crippen LogP contribution in [0.3, 0.4) is 0 Å². The van der Waals surface area contributed by atoms with Gasteiger partial charge in [-0.05, 0) is 49.1 Å². The van der Waals surface area contributed by atoms with Gasteiger partial charge in [-0.15, -0.1) is 0 Å². The SMILES string of the molecule is COc1ccc(S(=O)(=O)NCc2ccc(C(C)C)cc2)cc1C(=O)NC(C)C. The maximum absolute atomic E-state index is 12.7. The van der Waals surface area contributed by atoms with Gasteiger partial charge in [0.25, 0.3) is 5.91 Å². The van der Waals surface area contributed by atoms with Gasteiger partial charge in [-0.1, -0.05) is 38.1 Å². The van der Waals surface area contributed by atoms with Crippen molar-refractivity contribution in [3.63, 3.8) is 0 Å². The largest absolute Gasteiger partial charge is 0.496 e. The molecule has 2 aromatic rings. The molecular weight excluding hydrogens is 376 g/mol. The molecular formula is C21H28N2O4S. The highest BCUT2D eigenvalue weighted by atomic mass is 32.2. The van der Waals surface area contributed by atoms with Gasteiger partial charge in [0.2, 0.25) is 10.0 Å². The van der Waals surface area contributed by atoms with Crippen LogP contribution in [0, 0.1) is 0 Å². The molecule has 0 aliphatic carbocycles. The van der Waals surface area contributed by atoms with Gasteiger partial charge in [0, 0.05) is 12.6 Å². The molecule has 0 spiro atoms. The fourth-order valence-electron chi connectivity index (χ4n) is 2.65. The monoisotopic (exact) mass is 404 g/mol. The first-order valence-corrected chi connectivity index (χ1v) is 10.7. The highest BCUT2D eigenvalue weighted by Crippen LogP contribution is 2.23. The van der Waals surface area contributed by atoms with E-state index in [-0.39, 0.29) is 29.0 Å². The molecule has 0 heterocycles. The first-order valence-electron chi connectivity index (χ1n) is 9.21. The van der Waals surface area contributed by atoms with E-state index in [1.165, 1.54) is 30.9 Å². The minimum Gasteiger partial charge on any atom is -0.496 e. The van der Waals surface area contributed by atoms with Crippen LogP contribution in [0.2, 0.25) is 0 Å². The molecule has 2 aromatic carbocycles. The molecule has 0 aliphatic heterocycles. The number of methoxy groups -OCH3 is 1. The maximum atomic E-state index is 12.7. The van der Waals surface area contributed by atoms with E-state index in [0.717, 1.165) is 5.56 Å². The predicted octanol–water partition coefficient (Wildman–Crippen LogP) is 3.44. The zero-order chi connectivity index (χ0) is 20.9. The molecule has 0 radical (unpaired) electrons. The number of benzene rings is 2. The molecule has 1 amide bonds. The van der Waals surface area contributed by atoms with Crippen LogP contribution >= 0.6 is 0 Å². The Labute approximate surface area is 167 Å². The summed E-state index contributed by atoms with van der Waals surface area (Å²) in [4.78, 5) is 12.4. The fraction of sp³-hybridized carbons (Fsp3) is 0.381. The lowest BCUT2D eigenvalue weighted by Gasteiger charge is -2.14. The van der Waals surface area contributed by atoms with Crippen LogP contribution in [-0.2, 0) is 16.6 Å². The maximum Gasteiger partial charge on any atom is 0.255 e. The summed E-state index contributed by atoms with van der Waals surface area (Å²) in [6, 6.07) is 12.0. The molecule has 6 nitrogen and oxygen atoms in total. The number of carbonyl (C=O) groups is 1. The van der Waals surface area contributed by atoms with Gasteiger partial charge in [0.05, 0.1) is 17.6 Å². The van der Waals surface area contributed by atoms with Gasteiger partial charge < -0.3 is 10.1 Å². The van der Waals surface area contributed by atoms with Crippen molar-refractivity contribution in [2.24, 2.45) is 0 Å². The normalized spacial score (nSPS) is 11.7. The summed E-state index contributed by atoms with van der Waals surface area (Å²) in [5.41, 5.74) is 2.24. The zero-order valence-corrected chi connectivity index (χ0v) is 17.8. The summed E-state index contributed by atoms with van der Waals surface area (Å²) in [7, 11) is -2.34. The van der Waals surface area contributed by atoms with E-state index in [1.54, 1.807) is 0 Å². The molecule has 152 valence electrons. The van der Waals surface area contributed by atoms with E-state index in [4.69, 9.17) is 4.74 Å². The number of amides is 1. The highest BCUT2D eigenvalue weighted by Gasteiger charge is 2.20. The Morgan fingerprint density at radius 3 is 2.21 bits per heavy atom. The molecule has 0 aliphatic rings. The lowest BCUT2D eigenvalue weighted by atomic mass is 10.0. The van der Waals surface area contributed by atoms with Gasteiger partial charge in [0.1, 0.15) is 5.75 Å². The van der Waals surface area contributed by atoms with E-state index >= 15 is 0 Å². The second-order valence-corrected chi connectivity index (χ2v) is 8.98. The van der Waals surface area contributed by atoms with Crippen molar-refractivity contribution in [2.45, 2.75) is 51.1 Å². The summed E-state index contributed by atoms with van der Waals surface area (Å²) in [5.74, 6) is 0.356. The third kappa shape index (κ3) is 5.56. The Hall–Kier alpha value is -2.38. The highest BCUT2D eigenvalue weighted by molar-refractivity contribution is 7.89. The molecule has 28 heavy (non-hydrogen) atoms. The standard InChI is InChI=1S/C21H28N2O4S/c1-14(2)17-8-6-16(7-9-17)13-22-28(25,26)18-10-11-20(27-5)19(12-18)21(24)23-15(3)4/h6-12,14-15,22H,13H2,1-5H3,(H,23,24). The molecule has 0 aromatic heterocycles. The van der Waals surface area contributed by atoms with Gasteiger partial charge >= 0.3 is 0 Å². The third-order valence-corrected chi connectivity index (χ3v) is 5.66. The number of nitrogens with one attached hydrogen (secondary N) is 2. The van der Waals surface area contributed by atoms with Gasteiger partial charge in [0.15, 0.2) is 0 Å². The first-order chi connectivity index (χ1) is 13.1. The van der Waals surface area contributed by atoms with Crippen molar-refractivity contribution < 1.29 is 17.9 Å². The summed E-state index contributed by atoms with van der Waals surface area (Å²) >= 11 is 0. The predicted molar refractivity (Wildman–Crippen MR) is 110 cm³/mol. The molecule has 0 saturated carbocycles. The van der Waals surface area contributed by atoms with Crippen molar-refractivity contribution in [1.29, 1.82) is 0 Å². The Bertz CT molecular complexity index is 920. The van der Waals surface area contributed by atoms with E-state index < -0.39 is 10.0 Å². The first kappa shape index (κ1) is 21.9. The van der Waals surface area contributed by atoms with Crippen LogP contribution in [0.5, 0.6) is 5.75 Å². The van der Waals surface area contributed by atoms with Crippen molar-refractivity contribution in [3.8, 4) is 5.75 Å². The van der Waals surface area contributed by atoms with Crippen LogP contribution in [-0.4, -0.2) is 27.5 Å². The van der Waals surface area contributed by atoms with Gasteiger partial charge in [-0.2, -0.15) is 0 Å². The Kier molecular flexibility index (Phi) is 7.21. The molecule has 0 fully saturated rings. The van der Waals surface area contributed by atoms with E-state index in [1.807, 2.05) is 38.1 Å². The average molecular weight is 405 g/mol. The van der Waals surface area contributed by atoms with E-state index in [2.05, 4.69) is 23.9 Å². The van der Waals surface area contributed by atoms with Crippen LogP contribution in [0.4, 0.5) is 0 Å². The van der Waals surface area contributed by atoms with E-state index in [9.17, 15) is 13.2 Å². The van der Waals surface area contributed by atoms with Crippen molar-refractivity contribution in [2.75, 3.05) is 7.11 Å². The van der Waals surface area contributed by atoms with Gasteiger partial charge in [-0.3, -0.25) is 4.79 Å². The third-order valence-electron chi connectivity index (χ3n) is 4.26. The molecule has 0 atom stereocenters. The number of carbonyl (C=O) groups excluding carboxylic acids is 1. The Morgan fingerprint density at radius 1 is 1.04 bits per heavy atom. The number of rotatable bonds is 8. The molecule has 0 saturated heterocycles. The molecule has 7 heteroatoms. The van der Waals surface area contributed by atoms with Crippen LogP contribution in [0.1, 0.15) is 55.1 Å². The minimum atomic E-state index is -3.78. The summed E-state index contributed by atoms with van der Waals surface area (Å²) in [6.07, 6.45) is 0. The zero-order valence-electron chi connectivity index (χ0n) is 16.9. The second kappa shape index (κ2) is 9.21. The van der Waals surface area contributed by atoms with E-state index in [0.29, 0.717) is 11.7 Å². The summed E-state index contributed by atoms with van der Waals surface area (Å²) in [5, 5.41) is 2.75. The van der Waals surface area contributed by atoms with Crippen LogP contribution in [0.25, 0.3) is 0 Å². The molecule has 2 rings (SSSR count). The quantitative estimate of drug-likeness (QED) is 0.706. The Balaban J connectivity index is 2.21. The lowest BCUT2D eigenvalue weighted by molar-refractivity contribution is 0.0940. The average Bonchev–Trinajstić information content (AvgIpc) is 2.65. The molecule has 0 unspecified atom stereocenters. The van der Waals surface area contributed by atoms with Gasteiger partial charge in [-0.25, -0.2) is 13.1 Å². The summed E-state index contributed by atoms with van der Waals surface area (Å²) in [6.45, 7) is 8.04. The number of ether oxygens (including phenoxy) is 1. The minimum absolute atomic E-state index is 0.0148. The topological polar surface area (TPSA) is 84.5 Å². The molecule has 2 N–H and O–H groups in total. The number of hydrogen-bond donors (Lipinski definition) is 2. The van der Waals surface area contributed by atoms with Crippen molar-refractivity contribution >= 4 is 15.9 Å². The summed E-state index contributed by atoms with van der Waals surface area (Å²) < 4.78 is 33.2. The Morgan fingerprint density at radius 2 is 1.68 bits per heavy atom. The second-order valence-electron chi connectivity index (χ2n) is 7.21.